The summed E-state index contributed by atoms with van der Waals surface area (Å²) in [7, 11) is 2.00. The highest BCUT2D eigenvalue weighted by Crippen LogP contribution is 2.19. The van der Waals surface area contributed by atoms with E-state index >= 15 is 0 Å². The molecule has 0 spiro atoms. The zero-order chi connectivity index (χ0) is 12.3. The molecule has 0 aliphatic carbocycles. The molecule has 90 valence electrons. The van der Waals surface area contributed by atoms with E-state index in [2.05, 4.69) is 42.5 Å². The summed E-state index contributed by atoms with van der Waals surface area (Å²) < 4.78 is 1.92. The van der Waals surface area contributed by atoms with Gasteiger partial charge in [-0.05, 0) is 45.0 Å². The van der Waals surface area contributed by atoms with Gasteiger partial charge in [-0.2, -0.15) is 5.10 Å². The maximum absolute atomic E-state index is 4.30. The van der Waals surface area contributed by atoms with Gasteiger partial charge in [0.1, 0.15) is 0 Å². The second-order valence-electron chi connectivity index (χ2n) is 4.89. The van der Waals surface area contributed by atoms with Gasteiger partial charge < -0.3 is 5.32 Å². The molecular weight excluding hydrogens is 210 g/mol. The second-order valence-corrected chi connectivity index (χ2v) is 4.89. The Morgan fingerprint density at radius 1 is 1.24 bits per heavy atom. The molecule has 1 aromatic heterocycles. The normalized spacial score (nSPS) is 11.7. The van der Waals surface area contributed by atoms with Crippen LogP contribution >= 0.6 is 0 Å². The molecule has 3 heteroatoms. The summed E-state index contributed by atoms with van der Waals surface area (Å²) in [5, 5.41) is 7.63. The Morgan fingerprint density at radius 3 is 2.65 bits per heavy atom. The minimum Gasteiger partial charge on any atom is -0.314 e. The van der Waals surface area contributed by atoms with Crippen LogP contribution < -0.4 is 5.32 Å². The number of hydrogen-bond donors (Lipinski definition) is 1. The molecule has 3 nitrogen and oxygen atoms in total. The van der Waals surface area contributed by atoms with E-state index in [4.69, 9.17) is 0 Å². The van der Waals surface area contributed by atoms with Crippen molar-refractivity contribution in [3.8, 4) is 5.69 Å². The Labute approximate surface area is 102 Å². The number of nitrogens with one attached hydrogen (secondary N) is 1. The van der Waals surface area contributed by atoms with Crippen molar-refractivity contribution in [2.45, 2.75) is 25.8 Å². The number of likely N-dealkylation sites (N-methyl/N-ethyl adjacent to an activating group) is 1. The lowest BCUT2D eigenvalue weighted by molar-refractivity contribution is 0.421. The van der Waals surface area contributed by atoms with Gasteiger partial charge in [-0.15, -0.1) is 0 Å². The summed E-state index contributed by atoms with van der Waals surface area (Å²) in [6.45, 7) is 4.40. The lowest BCUT2D eigenvalue weighted by Gasteiger charge is -2.25. The van der Waals surface area contributed by atoms with E-state index in [0.29, 0.717) is 0 Å². The molecule has 1 heterocycles. The molecule has 0 fully saturated rings. The first-order valence-corrected chi connectivity index (χ1v) is 5.89. The van der Waals surface area contributed by atoms with Crippen molar-refractivity contribution in [3.63, 3.8) is 0 Å². The number of aromatic nitrogens is 2. The molecule has 0 unspecified atom stereocenters. The van der Waals surface area contributed by atoms with E-state index in [1.54, 1.807) is 6.20 Å². The van der Waals surface area contributed by atoms with E-state index < -0.39 is 0 Å². The zero-order valence-corrected chi connectivity index (χ0v) is 10.6. The first kappa shape index (κ1) is 11.9. The number of nitrogens with zero attached hydrogens (tertiary/aromatic N) is 2. The van der Waals surface area contributed by atoms with Crippen LogP contribution in [0.1, 0.15) is 19.4 Å². The van der Waals surface area contributed by atoms with Gasteiger partial charge in [0, 0.05) is 17.9 Å². The lowest BCUT2D eigenvalue weighted by atomic mass is 9.94. The fourth-order valence-corrected chi connectivity index (χ4v) is 1.86. The maximum atomic E-state index is 4.30. The largest absolute Gasteiger partial charge is 0.314 e. The molecule has 0 aliphatic rings. The minimum absolute atomic E-state index is 0.0866. The molecule has 1 N–H and O–H groups in total. The Kier molecular flexibility index (Phi) is 3.29. The van der Waals surface area contributed by atoms with Crippen LogP contribution in [0.5, 0.6) is 0 Å². The summed E-state index contributed by atoms with van der Waals surface area (Å²) in [4.78, 5) is 0. The molecule has 0 aliphatic heterocycles. The van der Waals surface area contributed by atoms with Crippen LogP contribution in [0.15, 0.2) is 42.7 Å². The Bertz CT molecular complexity index is 472. The van der Waals surface area contributed by atoms with E-state index in [-0.39, 0.29) is 5.54 Å². The highest BCUT2D eigenvalue weighted by atomic mass is 15.3. The van der Waals surface area contributed by atoms with Crippen LogP contribution in [0.4, 0.5) is 0 Å². The molecule has 0 amide bonds. The van der Waals surface area contributed by atoms with Crippen LogP contribution in [0, 0.1) is 0 Å². The molecule has 2 rings (SSSR count). The molecule has 0 bridgehead atoms. The third kappa shape index (κ3) is 2.74. The van der Waals surface area contributed by atoms with Crippen molar-refractivity contribution in [3.05, 3.63) is 48.3 Å². The molecule has 0 radical (unpaired) electrons. The van der Waals surface area contributed by atoms with Gasteiger partial charge in [-0.25, -0.2) is 4.68 Å². The molecular formula is C14H19N3. The van der Waals surface area contributed by atoms with Gasteiger partial charge in [-0.3, -0.25) is 0 Å². The number of rotatable bonds is 4. The lowest BCUT2D eigenvalue weighted by Crippen LogP contribution is -2.38. The molecule has 1 aromatic carbocycles. The summed E-state index contributed by atoms with van der Waals surface area (Å²) in [6.07, 6.45) is 4.75. The second kappa shape index (κ2) is 4.72. The fourth-order valence-electron chi connectivity index (χ4n) is 1.86. The molecule has 0 atom stereocenters. The van der Waals surface area contributed by atoms with Gasteiger partial charge in [0.2, 0.25) is 0 Å². The molecule has 0 saturated carbocycles. The average molecular weight is 229 g/mol. The third-order valence-electron chi connectivity index (χ3n) is 3.05. The summed E-state index contributed by atoms with van der Waals surface area (Å²) in [5.74, 6) is 0. The summed E-state index contributed by atoms with van der Waals surface area (Å²) >= 11 is 0. The van der Waals surface area contributed by atoms with Crippen molar-refractivity contribution < 1.29 is 0 Å². The van der Waals surface area contributed by atoms with Crippen LogP contribution in [0.2, 0.25) is 0 Å². The van der Waals surface area contributed by atoms with Crippen LogP contribution in [0.25, 0.3) is 5.69 Å². The molecule has 2 aromatic rings. The van der Waals surface area contributed by atoms with Gasteiger partial charge >= 0.3 is 0 Å². The monoisotopic (exact) mass is 229 g/mol. The highest BCUT2D eigenvalue weighted by molar-refractivity contribution is 5.41. The predicted molar refractivity (Wildman–Crippen MR) is 70.4 cm³/mol. The van der Waals surface area contributed by atoms with Crippen LogP contribution in [-0.4, -0.2) is 22.4 Å². The number of benzene rings is 1. The van der Waals surface area contributed by atoms with Gasteiger partial charge in [0.05, 0.1) is 5.69 Å². The first-order chi connectivity index (χ1) is 8.12. The third-order valence-corrected chi connectivity index (χ3v) is 3.05. The van der Waals surface area contributed by atoms with Gasteiger partial charge in [0.25, 0.3) is 0 Å². The van der Waals surface area contributed by atoms with Crippen LogP contribution in [-0.2, 0) is 6.42 Å². The fraction of sp³-hybridized carbons (Fsp3) is 0.357. The number of hydrogen-bond acceptors (Lipinski definition) is 2. The zero-order valence-electron chi connectivity index (χ0n) is 10.6. The van der Waals surface area contributed by atoms with Crippen molar-refractivity contribution in [1.82, 2.24) is 15.1 Å². The van der Waals surface area contributed by atoms with Gasteiger partial charge in [-0.1, -0.05) is 18.2 Å². The quantitative estimate of drug-likeness (QED) is 0.872. The summed E-state index contributed by atoms with van der Waals surface area (Å²) in [5.41, 5.74) is 2.54. The smallest absolute Gasteiger partial charge is 0.0678 e. The van der Waals surface area contributed by atoms with Gasteiger partial charge in [0.15, 0.2) is 0 Å². The topological polar surface area (TPSA) is 29.9 Å². The standard InChI is InChI=1S/C14H19N3/c1-14(2,15-3)11-12-7-4-5-8-13(12)17-10-6-9-16-17/h4-10,15H,11H2,1-3H3. The Morgan fingerprint density at radius 2 is 2.00 bits per heavy atom. The average Bonchev–Trinajstić information content (AvgIpc) is 2.83. The Hall–Kier alpha value is -1.61. The first-order valence-electron chi connectivity index (χ1n) is 5.89. The molecule has 17 heavy (non-hydrogen) atoms. The van der Waals surface area contributed by atoms with Crippen molar-refractivity contribution in [2.75, 3.05) is 7.05 Å². The maximum Gasteiger partial charge on any atom is 0.0678 e. The minimum atomic E-state index is 0.0866. The summed E-state index contributed by atoms with van der Waals surface area (Å²) in [6, 6.07) is 10.3. The number of para-hydroxylation sites is 1. The molecule has 0 saturated heterocycles. The van der Waals surface area contributed by atoms with Crippen molar-refractivity contribution in [1.29, 1.82) is 0 Å². The van der Waals surface area contributed by atoms with E-state index in [9.17, 15) is 0 Å². The van der Waals surface area contributed by atoms with Crippen LogP contribution in [0.3, 0.4) is 0 Å². The van der Waals surface area contributed by atoms with E-state index in [1.807, 2.05) is 30.1 Å². The van der Waals surface area contributed by atoms with E-state index in [1.165, 1.54) is 5.56 Å². The van der Waals surface area contributed by atoms with Crippen molar-refractivity contribution >= 4 is 0 Å². The Balaban J connectivity index is 2.35. The SMILES string of the molecule is CNC(C)(C)Cc1ccccc1-n1cccn1. The van der Waals surface area contributed by atoms with E-state index in [0.717, 1.165) is 12.1 Å². The predicted octanol–water partition coefficient (Wildman–Crippen LogP) is 2.41. The van der Waals surface area contributed by atoms with Crippen molar-refractivity contribution in [2.24, 2.45) is 0 Å². The highest BCUT2D eigenvalue weighted by Gasteiger charge is 2.17.